The first-order valence-electron chi connectivity index (χ1n) is 9.28. The molecule has 4 atom stereocenters. The van der Waals surface area contributed by atoms with Gasteiger partial charge in [0, 0.05) is 11.0 Å². The number of benzene rings is 1. The highest BCUT2D eigenvalue weighted by Gasteiger charge is 2.57. The maximum Gasteiger partial charge on any atom is 0.165 e. The van der Waals surface area contributed by atoms with E-state index in [1.165, 1.54) is 11.1 Å². The van der Waals surface area contributed by atoms with Gasteiger partial charge in [0.05, 0.1) is 7.11 Å². The number of nitrogens with zero attached hydrogens (tertiary/aromatic N) is 1. The first-order chi connectivity index (χ1) is 12.0. The van der Waals surface area contributed by atoms with Crippen molar-refractivity contribution in [2.45, 2.75) is 50.2 Å². The molecule has 2 aliphatic rings. The molecule has 1 heterocycles. The SMILES string of the molecule is C=CC(O)C1Oc2c(OC)ccc3c2[C@]1(CCCN(C)C)C(C)CC3. The lowest BCUT2D eigenvalue weighted by Gasteiger charge is -2.44. The second-order valence-electron chi connectivity index (χ2n) is 7.78. The molecule has 1 aromatic rings. The maximum absolute atomic E-state index is 10.7. The minimum Gasteiger partial charge on any atom is -0.493 e. The zero-order chi connectivity index (χ0) is 18.2. The number of hydrogen-bond acceptors (Lipinski definition) is 4. The van der Waals surface area contributed by atoms with Crippen LogP contribution in [0.3, 0.4) is 0 Å². The van der Waals surface area contributed by atoms with Crippen LogP contribution in [0.1, 0.15) is 37.3 Å². The Hall–Kier alpha value is -1.52. The van der Waals surface area contributed by atoms with Crippen molar-refractivity contribution in [2.24, 2.45) is 5.92 Å². The van der Waals surface area contributed by atoms with Crippen molar-refractivity contribution in [1.82, 2.24) is 4.90 Å². The number of hydrogen-bond donors (Lipinski definition) is 1. The maximum atomic E-state index is 10.7. The molecule has 0 amide bonds. The molecule has 1 aliphatic heterocycles. The summed E-state index contributed by atoms with van der Waals surface area (Å²) in [5, 5.41) is 10.7. The summed E-state index contributed by atoms with van der Waals surface area (Å²) in [6.07, 6.45) is 4.86. The van der Waals surface area contributed by atoms with Crippen LogP contribution in [0.5, 0.6) is 11.5 Å². The van der Waals surface area contributed by atoms with E-state index in [4.69, 9.17) is 9.47 Å². The Morgan fingerprint density at radius 1 is 1.48 bits per heavy atom. The summed E-state index contributed by atoms with van der Waals surface area (Å²) in [4.78, 5) is 2.21. The molecule has 0 spiro atoms. The standard InChI is InChI=1S/C21H31NO3/c1-6-16(23)20-21(12-7-13-22(3)4)14(2)8-9-15-10-11-17(24-5)19(25-20)18(15)21/h6,10-11,14,16,20,23H,1,7-9,12-13H2,2-5H3/t14?,16?,20?,21-/m0/s1. The molecular weight excluding hydrogens is 314 g/mol. The number of methoxy groups -OCH3 is 1. The van der Waals surface area contributed by atoms with Gasteiger partial charge in [-0.3, -0.25) is 0 Å². The van der Waals surface area contributed by atoms with Crippen LogP contribution in [-0.2, 0) is 11.8 Å². The molecule has 0 radical (unpaired) electrons. The molecule has 138 valence electrons. The van der Waals surface area contributed by atoms with Gasteiger partial charge in [-0.25, -0.2) is 0 Å². The predicted octanol–water partition coefficient (Wildman–Crippen LogP) is 3.17. The molecule has 1 N–H and O–H groups in total. The van der Waals surface area contributed by atoms with Crippen LogP contribution in [0.15, 0.2) is 24.8 Å². The predicted molar refractivity (Wildman–Crippen MR) is 101 cm³/mol. The van der Waals surface area contributed by atoms with Crippen molar-refractivity contribution in [3.05, 3.63) is 35.9 Å². The van der Waals surface area contributed by atoms with E-state index in [1.807, 2.05) is 6.07 Å². The topological polar surface area (TPSA) is 41.9 Å². The molecule has 3 rings (SSSR count). The lowest BCUT2D eigenvalue weighted by atomic mass is 9.59. The number of aliphatic hydroxyl groups excluding tert-OH is 1. The van der Waals surface area contributed by atoms with Crippen molar-refractivity contribution in [3.63, 3.8) is 0 Å². The Labute approximate surface area is 151 Å². The second kappa shape index (κ2) is 7.00. The first-order valence-corrected chi connectivity index (χ1v) is 9.28. The van der Waals surface area contributed by atoms with Crippen molar-refractivity contribution >= 4 is 0 Å². The van der Waals surface area contributed by atoms with E-state index in [-0.39, 0.29) is 11.5 Å². The van der Waals surface area contributed by atoms with Gasteiger partial charge in [0.15, 0.2) is 11.5 Å². The Morgan fingerprint density at radius 2 is 2.24 bits per heavy atom. The minimum absolute atomic E-state index is 0.179. The molecule has 0 saturated heterocycles. The quantitative estimate of drug-likeness (QED) is 0.771. The average Bonchev–Trinajstić information content (AvgIpc) is 2.95. The number of aliphatic hydroxyl groups is 1. The summed E-state index contributed by atoms with van der Waals surface area (Å²) in [5.41, 5.74) is 2.44. The van der Waals surface area contributed by atoms with Crippen molar-refractivity contribution < 1.29 is 14.6 Å². The Morgan fingerprint density at radius 3 is 2.88 bits per heavy atom. The molecule has 1 aliphatic carbocycles. The van der Waals surface area contributed by atoms with Gasteiger partial charge in [0.2, 0.25) is 0 Å². The zero-order valence-electron chi connectivity index (χ0n) is 15.9. The van der Waals surface area contributed by atoms with Gasteiger partial charge < -0.3 is 19.5 Å². The van der Waals surface area contributed by atoms with E-state index in [2.05, 4.69) is 38.6 Å². The summed E-state index contributed by atoms with van der Waals surface area (Å²) in [6.45, 7) is 7.15. The van der Waals surface area contributed by atoms with E-state index in [9.17, 15) is 5.11 Å². The van der Waals surface area contributed by atoms with Crippen LogP contribution in [0, 0.1) is 5.92 Å². The van der Waals surface area contributed by atoms with Gasteiger partial charge >= 0.3 is 0 Å². The fraction of sp³-hybridized carbons (Fsp3) is 0.619. The van der Waals surface area contributed by atoms with Gasteiger partial charge in [-0.15, -0.1) is 6.58 Å². The first kappa shape index (κ1) is 18.3. The number of ether oxygens (including phenoxy) is 2. The highest BCUT2D eigenvalue weighted by molar-refractivity contribution is 5.59. The highest BCUT2D eigenvalue weighted by Crippen LogP contribution is 2.59. The number of rotatable bonds is 7. The molecule has 4 heteroatoms. The van der Waals surface area contributed by atoms with Gasteiger partial charge in [0.25, 0.3) is 0 Å². The molecular formula is C21H31NO3. The third-order valence-electron chi connectivity index (χ3n) is 6.12. The summed E-state index contributed by atoms with van der Waals surface area (Å²) < 4.78 is 12.0. The molecule has 3 unspecified atom stereocenters. The average molecular weight is 345 g/mol. The molecule has 4 nitrogen and oxygen atoms in total. The number of aryl methyl sites for hydroxylation is 1. The van der Waals surface area contributed by atoms with E-state index in [1.54, 1.807) is 13.2 Å². The summed E-state index contributed by atoms with van der Waals surface area (Å²) in [5.74, 6) is 2.04. The monoisotopic (exact) mass is 345 g/mol. The molecule has 0 aromatic heterocycles. The normalized spacial score (nSPS) is 28.4. The van der Waals surface area contributed by atoms with Gasteiger partial charge in [-0.05, 0) is 63.9 Å². The molecule has 0 fully saturated rings. The summed E-state index contributed by atoms with van der Waals surface area (Å²) >= 11 is 0. The third kappa shape index (κ3) is 2.85. The summed E-state index contributed by atoms with van der Waals surface area (Å²) in [6, 6.07) is 4.17. The van der Waals surface area contributed by atoms with Gasteiger partial charge in [0.1, 0.15) is 12.2 Å². The second-order valence-corrected chi connectivity index (χ2v) is 7.78. The van der Waals surface area contributed by atoms with Crippen molar-refractivity contribution in [1.29, 1.82) is 0 Å². The molecule has 1 aromatic carbocycles. The van der Waals surface area contributed by atoms with Crippen LogP contribution in [0.4, 0.5) is 0 Å². The van der Waals surface area contributed by atoms with E-state index in [0.29, 0.717) is 5.92 Å². The van der Waals surface area contributed by atoms with Gasteiger partial charge in [-0.1, -0.05) is 19.1 Å². The molecule has 0 saturated carbocycles. The fourth-order valence-corrected chi connectivity index (χ4v) is 4.83. The van der Waals surface area contributed by atoms with E-state index < -0.39 is 6.10 Å². The largest absolute Gasteiger partial charge is 0.493 e. The third-order valence-corrected chi connectivity index (χ3v) is 6.12. The molecule has 25 heavy (non-hydrogen) atoms. The fourth-order valence-electron chi connectivity index (χ4n) is 4.83. The lowest BCUT2D eigenvalue weighted by molar-refractivity contribution is 0.00202. The highest BCUT2D eigenvalue weighted by atomic mass is 16.5. The van der Waals surface area contributed by atoms with E-state index in [0.717, 1.165) is 43.7 Å². The summed E-state index contributed by atoms with van der Waals surface area (Å²) in [7, 11) is 5.88. The Bertz CT molecular complexity index is 642. The van der Waals surface area contributed by atoms with Crippen molar-refractivity contribution in [2.75, 3.05) is 27.7 Å². The van der Waals surface area contributed by atoms with Crippen LogP contribution in [0.2, 0.25) is 0 Å². The smallest absolute Gasteiger partial charge is 0.165 e. The van der Waals surface area contributed by atoms with Crippen LogP contribution >= 0.6 is 0 Å². The Balaban J connectivity index is 2.12. The van der Waals surface area contributed by atoms with Crippen molar-refractivity contribution in [3.8, 4) is 11.5 Å². The minimum atomic E-state index is -0.690. The van der Waals surface area contributed by atoms with Crippen LogP contribution in [-0.4, -0.2) is 50.0 Å². The zero-order valence-corrected chi connectivity index (χ0v) is 15.9. The van der Waals surface area contributed by atoms with E-state index >= 15 is 0 Å². The van der Waals surface area contributed by atoms with Crippen LogP contribution in [0.25, 0.3) is 0 Å². The van der Waals surface area contributed by atoms with Gasteiger partial charge in [-0.2, -0.15) is 0 Å². The van der Waals surface area contributed by atoms with Crippen LogP contribution < -0.4 is 9.47 Å². The molecule has 0 bridgehead atoms. The Kier molecular flexibility index (Phi) is 5.12. The lowest BCUT2D eigenvalue weighted by Crippen LogP contribution is -2.51.